The molecule has 11 heteroatoms. The van der Waals surface area contributed by atoms with Gasteiger partial charge in [-0.1, -0.05) is 25.1 Å². The normalized spacial score (nSPS) is 27.2. The number of halogens is 3. The summed E-state index contributed by atoms with van der Waals surface area (Å²) in [6.45, 7) is 5.49. The van der Waals surface area contributed by atoms with Gasteiger partial charge in [0, 0.05) is 55.4 Å². The number of hydrogen-bond donors (Lipinski definition) is 1. The number of carbonyl (C=O) groups is 2. The van der Waals surface area contributed by atoms with Gasteiger partial charge in [-0.2, -0.15) is 13.2 Å². The maximum atomic E-state index is 14.0. The topological polar surface area (TPSA) is 89.9 Å². The van der Waals surface area contributed by atoms with Gasteiger partial charge in [-0.15, -0.1) is 0 Å². The van der Waals surface area contributed by atoms with Crippen molar-refractivity contribution in [2.24, 2.45) is 17.8 Å². The molecule has 8 nitrogen and oxygen atoms in total. The van der Waals surface area contributed by atoms with E-state index in [1.807, 2.05) is 6.07 Å². The van der Waals surface area contributed by atoms with E-state index < -0.39 is 35.3 Å². The molecule has 1 aromatic carbocycles. The summed E-state index contributed by atoms with van der Waals surface area (Å²) >= 11 is 0. The maximum Gasteiger partial charge on any atom is 0.416 e. The van der Waals surface area contributed by atoms with Gasteiger partial charge < -0.3 is 24.3 Å². The summed E-state index contributed by atoms with van der Waals surface area (Å²) in [7, 11) is 0. The Balaban J connectivity index is 1.35. The van der Waals surface area contributed by atoms with Gasteiger partial charge in [-0.3, -0.25) is 9.59 Å². The fourth-order valence-electron chi connectivity index (χ4n) is 6.46. The number of nitrogens with zero attached hydrogens (tertiary/aromatic N) is 2. The van der Waals surface area contributed by atoms with Crippen molar-refractivity contribution in [2.45, 2.75) is 70.6 Å². The highest BCUT2D eigenvalue weighted by Gasteiger charge is 2.45. The molecule has 2 aliphatic heterocycles. The van der Waals surface area contributed by atoms with Crippen LogP contribution in [0.3, 0.4) is 0 Å². The quantitative estimate of drug-likeness (QED) is 0.527. The molecule has 2 fully saturated rings. The zero-order chi connectivity index (χ0) is 29.3. The van der Waals surface area contributed by atoms with Crippen molar-refractivity contribution in [3.63, 3.8) is 0 Å². The SMILES string of the molecule is CC1COCCC1NC1CC(C(=O)N2CCn3c(cc(C(F)(F)F)cc3=O)C2)C(C(C)OC(=O)c2ccccc2)C1. The summed E-state index contributed by atoms with van der Waals surface area (Å²) in [6, 6.07) is 10.5. The second-order valence-corrected chi connectivity index (χ2v) is 11.5. The Hall–Kier alpha value is -3.18. The van der Waals surface area contributed by atoms with E-state index in [1.165, 1.54) is 9.47 Å². The molecule has 0 spiro atoms. The van der Waals surface area contributed by atoms with Crippen LogP contribution in [0.5, 0.6) is 0 Å². The molecule has 1 amide bonds. The van der Waals surface area contributed by atoms with Crippen molar-refractivity contribution in [2.75, 3.05) is 19.8 Å². The van der Waals surface area contributed by atoms with Gasteiger partial charge in [-0.05, 0) is 50.3 Å². The minimum Gasteiger partial charge on any atom is -0.459 e. The van der Waals surface area contributed by atoms with E-state index in [0.29, 0.717) is 43.6 Å². The van der Waals surface area contributed by atoms with Crippen LogP contribution in [0.4, 0.5) is 13.2 Å². The summed E-state index contributed by atoms with van der Waals surface area (Å²) < 4.78 is 52.9. The number of carbonyl (C=O) groups excluding carboxylic acids is 2. The smallest absolute Gasteiger partial charge is 0.416 e. The van der Waals surface area contributed by atoms with Crippen molar-refractivity contribution >= 4 is 11.9 Å². The number of rotatable bonds is 6. The highest BCUT2D eigenvalue weighted by Crippen LogP contribution is 2.39. The lowest BCUT2D eigenvalue weighted by Gasteiger charge is -2.34. The first-order valence-electron chi connectivity index (χ1n) is 14.2. The van der Waals surface area contributed by atoms with E-state index in [0.717, 1.165) is 12.5 Å². The summed E-state index contributed by atoms with van der Waals surface area (Å²) in [5.74, 6) is -1.13. The minimum atomic E-state index is -4.66. The van der Waals surface area contributed by atoms with E-state index in [1.54, 1.807) is 31.2 Å². The number of ether oxygens (including phenoxy) is 2. The molecule has 6 atom stereocenters. The number of benzene rings is 1. The lowest BCUT2D eigenvalue weighted by atomic mass is 9.89. The molecule has 41 heavy (non-hydrogen) atoms. The molecule has 5 rings (SSSR count). The molecule has 0 bridgehead atoms. The summed E-state index contributed by atoms with van der Waals surface area (Å²) in [5.41, 5.74) is -1.16. The Bertz CT molecular complexity index is 1310. The Labute approximate surface area is 236 Å². The van der Waals surface area contributed by atoms with Crippen molar-refractivity contribution in [3.05, 3.63) is 69.6 Å². The highest BCUT2D eigenvalue weighted by atomic mass is 19.4. The number of nitrogens with one attached hydrogen (secondary N) is 1. The molecule has 3 aliphatic rings. The molecular weight excluding hydrogens is 539 g/mol. The highest BCUT2D eigenvalue weighted by molar-refractivity contribution is 5.89. The zero-order valence-corrected chi connectivity index (χ0v) is 23.2. The van der Waals surface area contributed by atoms with Gasteiger partial charge >= 0.3 is 12.1 Å². The van der Waals surface area contributed by atoms with Crippen LogP contribution in [-0.2, 0) is 33.5 Å². The molecule has 1 saturated heterocycles. The molecule has 1 saturated carbocycles. The van der Waals surface area contributed by atoms with E-state index in [4.69, 9.17) is 9.47 Å². The van der Waals surface area contributed by atoms with Crippen molar-refractivity contribution < 1.29 is 32.2 Å². The Morgan fingerprint density at radius 3 is 2.59 bits per heavy atom. The third kappa shape index (κ3) is 6.51. The molecule has 1 aromatic heterocycles. The fourth-order valence-corrected chi connectivity index (χ4v) is 6.46. The van der Waals surface area contributed by atoms with Gasteiger partial charge in [0.15, 0.2) is 0 Å². The standard InChI is InChI=1S/C30H36F3N3O5/c1-18-17-40-11-8-26(18)34-22-14-24(19(2)41-29(39)20-6-4-3-5-7-20)25(15-22)28(38)35-9-10-36-23(16-35)12-21(13-27(36)37)30(31,32)33/h3-7,12-13,18-19,22,24-26,34H,8-11,14-17H2,1-2H3. The maximum absolute atomic E-state index is 14.0. The number of alkyl halides is 3. The first-order valence-corrected chi connectivity index (χ1v) is 14.2. The molecule has 1 aliphatic carbocycles. The first-order chi connectivity index (χ1) is 19.5. The number of hydrogen-bond acceptors (Lipinski definition) is 6. The molecular formula is C30H36F3N3O5. The number of esters is 1. The number of amides is 1. The van der Waals surface area contributed by atoms with Crippen LogP contribution < -0.4 is 10.9 Å². The third-order valence-electron chi connectivity index (χ3n) is 8.72. The predicted molar refractivity (Wildman–Crippen MR) is 144 cm³/mol. The second-order valence-electron chi connectivity index (χ2n) is 11.5. The summed E-state index contributed by atoms with van der Waals surface area (Å²) in [6.07, 6.45) is -3.22. The summed E-state index contributed by atoms with van der Waals surface area (Å²) in [5, 5.41) is 3.71. The lowest BCUT2D eigenvalue weighted by molar-refractivity contribution is -0.139. The van der Waals surface area contributed by atoms with Gasteiger partial charge in [0.25, 0.3) is 5.56 Å². The first kappa shape index (κ1) is 29.3. The number of aromatic nitrogens is 1. The Morgan fingerprint density at radius 2 is 1.88 bits per heavy atom. The Morgan fingerprint density at radius 1 is 1.12 bits per heavy atom. The van der Waals surface area contributed by atoms with Gasteiger partial charge in [0.2, 0.25) is 5.91 Å². The van der Waals surface area contributed by atoms with Crippen LogP contribution in [0.15, 0.2) is 47.3 Å². The van der Waals surface area contributed by atoms with Crippen molar-refractivity contribution in [1.29, 1.82) is 0 Å². The van der Waals surface area contributed by atoms with Crippen LogP contribution in [0.1, 0.15) is 54.7 Å². The van der Waals surface area contributed by atoms with Crippen LogP contribution in [-0.4, -0.2) is 59.3 Å². The number of fused-ring (bicyclic) bond motifs is 1. The van der Waals surface area contributed by atoms with Gasteiger partial charge in [-0.25, -0.2) is 4.79 Å². The van der Waals surface area contributed by atoms with Crippen LogP contribution in [0.25, 0.3) is 0 Å². The fraction of sp³-hybridized carbons (Fsp3) is 0.567. The van der Waals surface area contributed by atoms with Crippen molar-refractivity contribution in [3.8, 4) is 0 Å². The summed E-state index contributed by atoms with van der Waals surface area (Å²) in [4.78, 5) is 40.7. The largest absolute Gasteiger partial charge is 0.459 e. The molecule has 1 N–H and O–H groups in total. The predicted octanol–water partition coefficient (Wildman–Crippen LogP) is 3.86. The average molecular weight is 576 g/mol. The third-order valence-corrected chi connectivity index (χ3v) is 8.72. The average Bonchev–Trinajstić information content (AvgIpc) is 3.37. The minimum absolute atomic E-state index is 0.00825. The monoisotopic (exact) mass is 575 g/mol. The van der Waals surface area contributed by atoms with E-state index in [-0.39, 0.29) is 49.2 Å². The van der Waals surface area contributed by atoms with Gasteiger partial charge in [0.05, 0.1) is 24.3 Å². The molecule has 2 aromatic rings. The van der Waals surface area contributed by atoms with E-state index >= 15 is 0 Å². The molecule has 6 unspecified atom stereocenters. The molecule has 0 radical (unpaired) electrons. The molecule has 3 heterocycles. The van der Waals surface area contributed by atoms with E-state index in [9.17, 15) is 27.6 Å². The Kier molecular flexibility index (Phi) is 8.56. The van der Waals surface area contributed by atoms with Crippen LogP contribution >= 0.6 is 0 Å². The van der Waals surface area contributed by atoms with Gasteiger partial charge in [0.1, 0.15) is 6.10 Å². The van der Waals surface area contributed by atoms with Crippen molar-refractivity contribution in [1.82, 2.24) is 14.8 Å². The van der Waals surface area contributed by atoms with Crippen LogP contribution in [0, 0.1) is 17.8 Å². The second kappa shape index (κ2) is 12.0. The number of pyridine rings is 1. The molecule has 222 valence electrons. The lowest BCUT2D eigenvalue weighted by Crippen LogP contribution is -2.47. The van der Waals surface area contributed by atoms with E-state index in [2.05, 4.69) is 12.2 Å². The zero-order valence-electron chi connectivity index (χ0n) is 23.2. The van der Waals surface area contributed by atoms with Crippen LogP contribution in [0.2, 0.25) is 0 Å².